The molecule has 5 heteroatoms. The van der Waals surface area contributed by atoms with Crippen LogP contribution in [0.3, 0.4) is 0 Å². The first kappa shape index (κ1) is 14.8. The van der Waals surface area contributed by atoms with Gasteiger partial charge in [0.15, 0.2) is 0 Å². The number of benzene rings is 1. The van der Waals surface area contributed by atoms with Gasteiger partial charge in [-0.3, -0.25) is 4.79 Å². The number of nitrogens with zero attached hydrogens (tertiary/aromatic N) is 1. The number of carbonyl (C=O) groups is 1. The maximum atomic E-state index is 12.3. The van der Waals surface area contributed by atoms with Crippen LogP contribution in [-0.2, 0) is 0 Å². The third-order valence-corrected chi connectivity index (χ3v) is 3.25. The van der Waals surface area contributed by atoms with E-state index in [1.165, 1.54) is 0 Å². The molecule has 1 aromatic heterocycles. The molecule has 0 fully saturated rings. The van der Waals surface area contributed by atoms with Crippen LogP contribution in [-0.4, -0.2) is 25.0 Å². The summed E-state index contributed by atoms with van der Waals surface area (Å²) < 4.78 is 5.13. The highest BCUT2D eigenvalue weighted by molar-refractivity contribution is 5.98. The molecule has 0 radical (unpaired) electrons. The number of pyridine rings is 1. The molecule has 0 aliphatic rings. The zero-order valence-corrected chi connectivity index (χ0v) is 12.4. The Labute approximate surface area is 124 Å². The molecule has 21 heavy (non-hydrogen) atoms. The number of carbonyl (C=O) groups excluding carboxylic acids is 1. The molecule has 1 aromatic carbocycles. The van der Waals surface area contributed by atoms with Gasteiger partial charge >= 0.3 is 0 Å². The van der Waals surface area contributed by atoms with Gasteiger partial charge in [-0.15, -0.1) is 0 Å². The molecule has 2 rings (SSSR count). The summed E-state index contributed by atoms with van der Waals surface area (Å²) >= 11 is 0. The maximum Gasteiger partial charge on any atom is 0.255 e. The van der Waals surface area contributed by atoms with E-state index >= 15 is 0 Å². The minimum Gasteiger partial charge on any atom is -0.497 e. The highest BCUT2D eigenvalue weighted by Gasteiger charge is 2.14. The standard InChI is InChI=1S/C16H19N3O2/c1-11(12-6-8-13(21-3)9-7-12)19-16(20)14-5-4-10-18-15(14)17-2/h4-11H,1-3H3,(H,17,18)(H,19,20). The topological polar surface area (TPSA) is 63.2 Å². The summed E-state index contributed by atoms with van der Waals surface area (Å²) in [6.45, 7) is 1.94. The predicted octanol–water partition coefficient (Wildman–Crippen LogP) is 2.62. The lowest BCUT2D eigenvalue weighted by Gasteiger charge is -2.16. The molecular formula is C16H19N3O2. The molecule has 0 spiro atoms. The van der Waals surface area contributed by atoms with E-state index in [1.54, 1.807) is 32.5 Å². The van der Waals surface area contributed by atoms with Crippen molar-refractivity contribution in [2.75, 3.05) is 19.5 Å². The molecule has 0 aliphatic heterocycles. The minimum atomic E-state index is -0.157. The van der Waals surface area contributed by atoms with E-state index in [-0.39, 0.29) is 11.9 Å². The minimum absolute atomic E-state index is 0.103. The predicted molar refractivity (Wildman–Crippen MR) is 82.7 cm³/mol. The SMILES string of the molecule is CNc1ncccc1C(=O)NC(C)c1ccc(OC)cc1. The molecule has 5 nitrogen and oxygen atoms in total. The Morgan fingerprint density at radius 2 is 1.95 bits per heavy atom. The van der Waals surface area contributed by atoms with Gasteiger partial charge in [-0.1, -0.05) is 12.1 Å². The van der Waals surface area contributed by atoms with Crippen LogP contribution in [0.2, 0.25) is 0 Å². The quantitative estimate of drug-likeness (QED) is 0.886. The molecule has 1 heterocycles. The van der Waals surface area contributed by atoms with E-state index in [0.29, 0.717) is 11.4 Å². The number of ether oxygens (including phenoxy) is 1. The molecule has 0 saturated carbocycles. The van der Waals surface area contributed by atoms with Gasteiger partial charge < -0.3 is 15.4 Å². The first-order valence-electron chi connectivity index (χ1n) is 6.73. The molecule has 1 unspecified atom stereocenters. The molecule has 0 aliphatic carbocycles. The largest absolute Gasteiger partial charge is 0.497 e. The van der Waals surface area contributed by atoms with Crippen molar-refractivity contribution in [2.45, 2.75) is 13.0 Å². The van der Waals surface area contributed by atoms with Gasteiger partial charge in [-0.25, -0.2) is 4.98 Å². The number of hydrogen-bond acceptors (Lipinski definition) is 4. The second kappa shape index (κ2) is 6.74. The van der Waals surface area contributed by atoms with Crippen molar-refractivity contribution in [3.05, 3.63) is 53.7 Å². The third kappa shape index (κ3) is 3.51. The number of amides is 1. The van der Waals surface area contributed by atoms with Crippen LogP contribution in [0.4, 0.5) is 5.82 Å². The average Bonchev–Trinajstić information content (AvgIpc) is 2.54. The molecule has 0 bridgehead atoms. The highest BCUT2D eigenvalue weighted by Crippen LogP contribution is 2.18. The second-order valence-corrected chi connectivity index (χ2v) is 4.62. The lowest BCUT2D eigenvalue weighted by Crippen LogP contribution is -2.27. The van der Waals surface area contributed by atoms with Crippen molar-refractivity contribution < 1.29 is 9.53 Å². The molecule has 2 N–H and O–H groups in total. The van der Waals surface area contributed by atoms with E-state index in [9.17, 15) is 4.79 Å². The van der Waals surface area contributed by atoms with Crippen LogP contribution in [0.15, 0.2) is 42.6 Å². The second-order valence-electron chi connectivity index (χ2n) is 4.62. The zero-order valence-electron chi connectivity index (χ0n) is 12.4. The molecule has 2 aromatic rings. The Morgan fingerprint density at radius 3 is 2.57 bits per heavy atom. The molecule has 0 saturated heterocycles. The lowest BCUT2D eigenvalue weighted by molar-refractivity contribution is 0.0940. The molecule has 1 atom stereocenters. The van der Waals surface area contributed by atoms with Crippen LogP contribution < -0.4 is 15.4 Å². The van der Waals surface area contributed by atoms with Crippen LogP contribution in [0.1, 0.15) is 28.9 Å². The van der Waals surface area contributed by atoms with Gasteiger partial charge in [-0.2, -0.15) is 0 Å². The van der Waals surface area contributed by atoms with Gasteiger partial charge in [0.2, 0.25) is 0 Å². The number of methoxy groups -OCH3 is 1. The number of anilines is 1. The van der Waals surface area contributed by atoms with Gasteiger partial charge in [0.1, 0.15) is 11.6 Å². The summed E-state index contributed by atoms with van der Waals surface area (Å²) in [4.78, 5) is 16.4. The van der Waals surface area contributed by atoms with Crippen molar-refractivity contribution in [1.29, 1.82) is 0 Å². The smallest absolute Gasteiger partial charge is 0.255 e. The first-order chi connectivity index (χ1) is 10.2. The van der Waals surface area contributed by atoms with Crippen LogP contribution in [0.25, 0.3) is 0 Å². The summed E-state index contributed by atoms with van der Waals surface area (Å²) in [5.41, 5.74) is 1.54. The number of rotatable bonds is 5. The molecule has 110 valence electrons. The Kier molecular flexibility index (Phi) is 4.77. The maximum absolute atomic E-state index is 12.3. The Balaban J connectivity index is 2.11. The van der Waals surface area contributed by atoms with Crippen molar-refractivity contribution in [2.24, 2.45) is 0 Å². The van der Waals surface area contributed by atoms with E-state index in [1.807, 2.05) is 31.2 Å². The van der Waals surface area contributed by atoms with Gasteiger partial charge in [-0.05, 0) is 36.8 Å². The molecular weight excluding hydrogens is 266 g/mol. The summed E-state index contributed by atoms with van der Waals surface area (Å²) in [5, 5.41) is 5.88. The number of hydrogen-bond donors (Lipinski definition) is 2. The van der Waals surface area contributed by atoms with Crippen molar-refractivity contribution in [3.63, 3.8) is 0 Å². The van der Waals surface area contributed by atoms with Crippen LogP contribution >= 0.6 is 0 Å². The summed E-state index contributed by atoms with van der Waals surface area (Å²) in [5.74, 6) is 1.20. The fourth-order valence-corrected chi connectivity index (χ4v) is 2.04. The van der Waals surface area contributed by atoms with E-state index in [0.717, 1.165) is 11.3 Å². The monoisotopic (exact) mass is 285 g/mol. The Hall–Kier alpha value is -2.56. The summed E-state index contributed by atoms with van der Waals surface area (Å²) in [7, 11) is 3.37. The van der Waals surface area contributed by atoms with E-state index < -0.39 is 0 Å². The van der Waals surface area contributed by atoms with Crippen molar-refractivity contribution in [3.8, 4) is 5.75 Å². The number of nitrogens with one attached hydrogen (secondary N) is 2. The first-order valence-corrected chi connectivity index (χ1v) is 6.73. The van der Waals surface area contributed by atoms with Gasteiger partial charge in [0.05, 0.1) is 18.7 Å². The summed E-state index contributed by atoms with van der Waals surface area (Å²) in [6, 6.07) is 11.0. The van der Waals surface area contributed by atoms with E-state index in [2.05, 4.69) is 15.6 Å². The Bertz CT molecular complexity index is 611. The van der Waals surface area contributed by atoms with Gasteiger partial charge in [0, 0.05) is 13.2 Å². The third-order valence-electron chi connectivity index (χ3n) is 3.25. The molecule has 1 amide bonds. The van der Waals surface area contributed by atoms with E-state index in [4.69, 9.17) is 4.74 Å². The normalized spacial score (nSPS) is 11.6. The van der Waals surface area contributed by atoms with Crippen LogP contribution in [0.5, 0.6) is 5.75 Å². The fraction of sp³-hybridized carbons (Fsp3) is 0.250. The number of aromatic nitrogens is 1. The lowest BCUT2D eigenvalue weighted by atomic mass is 10.1. The summed E-state index contributed by atoms with van der Waals surface area (Å²) in [6.07, 6.45) is 1.65. The van der Waals surface area contributed by atoms with Gasteiger partial charge in [0.25, 0.3) is 5.91 Å². The van der Waals surface area contributed by atoms with Crippen LogP contribution in [0, 0.1) is 0 Å². The average molecular weight is 285 g/mol. The van der Waals surface area contributed by atoms with Crippen molar-refractivity contribution in [1.82, 2.24) is 10.3 Å². The highest BCUT2D eigenvalue weighted by atomic mass is 16.5. The fourth-order valence-electron chi connectivity index (χ4n) is 2.04. The zero-order chi connectivity index (χ0) is 15.2. The van der Waals surface area contributed by atoms with Crippen molar-refractivity contribution >= 4 is 11.7 Å². The Morgan fingerprint density at radius 1 is 1.24 bits per heavy atom.